The number of hydrogen-bond acceptors (Lipinski definition) is 3. The van der Waals surface area contributed by atoms with E-state index in [1.807, 2.05) is 19.1 Å². The maximum absolute atomic E-state index is 13.5. The third kappa shape index (κ3) is 4.06. The molecule has 2 aromatic rings. The molecule has 2 aromatic carbocycles. The lowest BCUT2D eigenvalue weighted by atomic mass is 9.75. The minimum Gasteiger partial charge on any atom is -0.369 e. The summed E-state index contributed by atoms with van der Waals surface area (Å²) in [5.41, 5.74) is 2.09. The van der Waals surface area contributed by atoms with Crippen molar-refractivity contribution in [2.24, 2.45) is 0 Å². The van der Waals surface area contributed by atoms with Gasteiger partial charge in [0.2, 0.25) is 5.91 Å². The summed E-state index contributed by atoms with van der Waals surface area (Å²) in [6, 6.07) is 11.3. The molecular formula is C24H29F2N3O. The first kappa shape index (κ1) is 20.8. The van der Waals surface area contributed by atoms with Gasteiger partial charge in [0.25, 0.3) is 0 Å². The van der Waals surface area contributed by atoms with Gasteiger partial charge >= 0.3 is 0 Å². The Hall–Kier alpha value is -2.47. The molecule has 4 rings (SSSR count). The Bertz CT molecular complexity index is 894. The number of rotatable bonds is 7. The van der Waals surface area contributed by atoms with E-state index in [1.54, 1.807) is 6.07 Å². The fourth-order valence-electron chi connectivity index (χ4n) is 4.82. The summed E-state index contributed by atoms with van der Waals surface area (Å²) in [5.74, 6) is -0.523. The molecule has 30 heavy (non-hydrogen) atoms. The Morgan fingerprint density at radius 1 is 0.967 bits per heavy atom. The first-order valence-corrected chi connectivity index (χ1v) is 10.9. The van der Waals surface area contributed by atoms with E-state index < -0.39 is 5.41 Å². The van der Waals surface area contributed by atoms with Gasteiger partial charge in [-0.25, -0.2) is 8.78 Å². The highest BCUT2D eigenvalue weighted by Crippen LogP contribution is 2.44. The molecule has 2 heterocycles. The van der Waals surface area contributed by atoms with E-state index in [-0.39, 0.29) is 17.5 Å². The van der Waals surface area contributed by atoms with Gasteiger partial charge in [0.15, 0.2) is 0 Å². The summed E-state index contributed by atoms with van der Waals surface area (Å²) >= 11 is 0. The van der Waals surface area contributed by atoms with E-state index in [9.17, 15) is 13.6 Å². The third-order valence-corrected chi connectivity index (χ3v) is 6.68. The molecule has 0 spiro atoms. The lowest BCUT2D eigenvalue weighted by Gasteiger charge is -2.36. The molecule has 0 aromatic heterocycles. The van der Waals surface area contributed by atoms with Crippen LogP contribution in [0.25, 0.3) is 0 Å². The molecule has 1 unspecified atom stereocenters. The van der Waals surface area contributed by atoms with Crippen molar-refractivity contribution in [2.75, 3.05) is 42.9 Å². The van der Waals surface area contributed by atoms with Crippen LogP contribution in [0.4, 0.5) is 20.2 Å². The van der Waals surface area contributed by atoms with Crippen molar-refractivity contribution in [1.82, 2.24) is 4.90 Å². The number of benzene rings is 2. The van der Waals surface area contributed by atoms with Crippen LogP contribution in [0.1, 0.15) is 38.2 Å². The molecule has 1 atom stereocenters. The average Bonchev–Trinajstić information content (AvgIpc) is 3.03. The van der Waals surface area contributed by atoms with Crippen LogP contribution in [0, 0.1) is 11.6 Å². The fourth-order valence-corrected chi connectivity index (χ4v) is 4.82. The van der Waals surface area contributed by atoms with Crippen LogP contribution in [0.3, 0.4) is 0 Å². The van der Waals surface area contributed by atoms with Crippen molar-refractivity contribution >= 4 is 17.3 Å². The second-order valence-corrected chi connectivity index (χ2v) is 8.34. The maximum Gasteiger partial charge on any atom is 0.235 e. The summed E-state index contributed by atoms with van der Waals surface area (Å²) in [6.45, 7) is 6.89. The number of fused-ring (bicyclic) bond motifs is 1. The van der Waals surface area contributed by atoms with E-state index >= 15 is 0 Å². The summed E-state index contributed by atoms with van der Waals surface area (Å²) in [7, 11) is 0. The van der Waals surface area contributed by atoms with Crippen LogP contribution in [-0.4, -0.2) is 43.5 Å². The van der Waals surface area contributed by atoms with Gasteiger partial charge in [-0.3, -0.25) is 9.69 Å². The molecule has 0 bridgehead atoms. The highest BCUT2D eigenvalue weighted by Gasteiger charge is 2.44. The average molecular weight is 414 g/mol. The number of hydrogen-bond donors (Lipinski definition) is 1. The number of nitrogens with zero attached hydrogens (tertiary/aromatic N) is 2. The van der Waals surface area contributed by atoms with Gasteiger partial charge in [-0.05, 0) is 67.8 Å². The monoisotopic (exact) mass is 413 g/mol. The van der Waals surface area contributed by atoms with Gasteiger partial charge in [0, 0.05) is 37.6 Å². The molecule has 160 valence electrons. The van der Waals surface area contributed by atoms with Gasteiger partial charge in [-0.2, -0.15) is 0 Å². The molecule has 1 N–H and O–H groups in total. The predicted molar refractivity (Wildman–Crippen MR) is 116 cm³/mol. The van der Waals surface area contributed by atoms with E-state index in [0.717, 1.165) is 63.2 Å². The summed E-state index contributed by atoms with van der Waals surface area (Å²) in [5, 5.41) is 2.88. The summed E-state index contributed by atoms with van der Waals surface area (Å²) in [4.78, 5) is 17.5. The lowest BCUT2D eigenvalue weighted by molar-refractivity contribution is -0.121. The molecular weight excluding hydrogens is 384 g/mol. The second kappa shape index (κ2) is 8.72. The Morgan fingerprint density at radius 3 is 2.37 bits per heavy atom. The Labute approximate surface area is 176 Å². The first-order valence-electron chi connectivity index (χ1n) is 10.9. The second-order valence-electron chi connectivity index (χ2n) is 8.34. The van der Waals surface area contributed by atoms with Gasteiger partial charge in [0.1, 0.15) is 11.6 Å². The molecule has 1 fully saturated rings. The number of anilines is 2. The highest BCUT2D eigenvalue weighted by atomic mass is 19.1. The van der Waals surface area contributed by atoms with Gasteiger partial charge in [-0.15, -0.1) is 0 Å². The lowest BCUT2D eigenvalue weighted by Crippen LogP contribution is -2.46. The Balaban J connectivity index is 1.26. The Kier molecular flexibility index (Phi) is 6.04. The highest BCUT2D eigenvalue weighted by molar-refractivity contribution is 6.06. The molecule has 2 aliphatic heterocycles. The largest absolute Gasteiger partial charge is 0.369 e. The van der Waals surface area contributed by atoms with Crippen LogP contribution in [-0.2, 0) is 10.2 Å². The number of carbonyl (C=O) groups excluding carboxylic acids is 1. The number of nitrogens with one attached hydrogen (secondary N) is 1. The maximum atomic E-state index is 13.5. The van der Waals surface area contributed by atoms with Crippen LogP contribution < -0.4 is 10.2 Å². The van der Waals surface area contributed by atoms with Gasteiger partial charge in [-0.1, -0.05) is 19.4 Å². The minimum atomic E-state index is -0.537. The smallest absolute Gasteiger partial charge is 0.235 e. The zero-order chi connectivity index (χ0) is 21.1. The van der Waals surface area contributed by atoms with Crippen LogP contribution in [0.2, 0.25) is 0 Å². The molecule has 0 aliphatic carbocycles. The topological polar surface area (TPSA) is 35.6 Å². The SMILES string of the molecule is CCC1(CCCCN2CCN(c3ccc(F)cc3)CC2)C(=O)Nc2cc(F)ccc21. The number of halogens is 2. The van der Waals surface area contributed by atoms with Crippen molar-refractivity contribution in [2.45, 2.75) is 38.0 Å². The van der Waals surface area contributed by atoms with Crippen molar-refractivity contribution < 1.29 is 13.6 Å². The third-order valence-electron chi connectivity index (χ3n) is 6.68. The minimum absolute atomic E-state index is 0.00138. The predicted octanol–water partition coefficient (Wildman–Crippen LogP) is 4.56. The number of amides is 1. The molecule has 1 saturated heterocycles. The molecule has 0 radical (unpaired) electrons. The van der Waals surface area contributed by atoms with E-state index in [4.69, 9.17) is 0 Å². The van der Waals surface area contributed by atoms with Gasteiger partial charge in [0.05, 0.1) is 5.41 Å². The number of unbranched alkanes of at least 4 members (excludes halogenated alkanes) is 1. The summed E-state index contributed by atoms with van der Waals surface area (Å²) < 4.78 is 26.6. The van der Waals surface area contributed by atoms with E-state index in [2.05, 4.69) is 15.1 Å². The van der Waals surface area contributed by atoms with Gasteiger partial charge < -0.3 is 10.2 Å². The molecule has 0 saturated carbocycles. The standard InChI is InChI=1S/C24H29F2N3O/c1-2-24(21-10-7-19(26)17-22(21)27-23(24)30)11-3-4-12-28-13-15-29(16-14-28)20-8-5-18(25)6-9-20/h5-10,17H,2-4,11-16H2,1H3,(H,27,30). The van der Waals surface area contributed by atoms with E-state index in [1.165, 1.54) is 24.3 Å². The molecule has 1 amide bonds. The number of carbonyl (C=O) groups is 1. The normalized spacial score (nSPS) is 21.6. The van der Waals surface area contributed by atoms with Crippen LogP contribution >= 0.6 is 0 Å². The van der Waals surface area contributed by atoms with Crippen LogP contribution in [0.15, 0.2) is 42.5 Å². The molecule has 4 nitrogen and oxygen atoms in total. The van der Waals surface area contributed by atoms with Crippen LogP contribution in [0.5, 0.6) is 0 Å². The first-order chi connectivity index (χ1) is 14.5. The zero-order valence-electron chi connectivity index (χ0n) is 17.5. The fraction of sp³-hybridized carbons (Fsp3) is 0.458. The van der Waals surface area contributed by atoms with E-state index in [0.29, 0.717) is 12.1 Å². The van der Waals surface area contributed by atoms with Crippen molar-refractivity contribution in [1.29, 1.82) is 0 Å². The zero-order valence-corrected chi connectivity index (χ0v) is 17.5. The van der Waals surface area contributed by atoms with Crippen molar-refractivity contribution in [3.8, 4) is 0 Å². The van der Waals surface area contributed by atoms with Crippen molar-refractivity contribution in [3.63, 3.8) is 0 Å². The molecule has 2 aliphatic rings. The molecule has 6 heteroatoms. The number of piperazine rings is 1. The summed E-state index contributed by atoms with van der Waals surface area (Å²) in [6.07, 6.45) is 3.48. The quantitative estimate of drug-likeness (QED) is 0.676. The van der Waals surface area contributed by atoms with Crippen molar-refractivity contribution in [3.05, 3.63) is 59.7 Å². The Morgan fingerprint density at radius 2 is 1.67 bits per heavy atom.